The molecule has 5 heteroatoms. The molecular weight excluding hydrogens is 214 g/mol. The van der Waals surface area contributed by atoms with Gasteiger partial charge in [0, 0.05) is 32.9 Å². The smallest absolute Gasteiger partial charge is 0.0547 e. The maximum Gasteiger partial charge on any atom is 0.0547 e. The van der Waals surface area contributed by atoms with E-state index in [1.54, 1.807) is 0 Å². The van der Waals surface area contributed by atoms with E-state index in [0.717, 1.165) is 19.6 Å². The van der Waals surface area contributed by atoms with Gasteiger partial charge in [0.05, 0.1) is 17.6 Å². The third kappa shape index (κ3) is 2.55. The molecule has 0 aromatic carbocycles. The highest BCUT2D eigenvalue weighted by atomic mass is 15.3. The van der Waals surface area contributed by atoms with Crippen molar-refractivity contribution in [3.8, 4) is 0 Å². The number of hydrogen-bond acceptors (Lipinski definition) is 3. The van der Waals surface area contributed by atoms with Crippen LogP contribution in [0.1, 0.15) is 23.9 Å². The van der Waals surface area contributed by atoms with E-state index >= 15 is 0 Å². The summed E-state index contributed by atoms with van der Waals surface area (Å²) in [5.41, 5.74) is 3.67. The fourth-order valence-corrected chi connectivity index (χ4v) is 1.93. The average Bonchev–Trinajstić information content (AvgIpc) is 2.89. The second-order valence-corrected chi connectivity index (χ2v) is 4.14. The Bertz CT molecular complexity index is 463. The van der Waals surface area contributed by atoms with Crippen LogP contribution in [0.2, 0.25) is 0 Å². The first kappa shape index (κ1) is 11.9. The highest BCUT2D eigenvalue weighted by Gasteiger charge is 2.05. The Hall–Kier alpha value is -1.62. The van der Waals surface area contributed by atoms with Crippen molar-refractivity contribution in [2.24, 2.45) is 7.05 Å². The Kier molecular flexibility index (Phi) is 3.58. The number of nitrogens with zero attached hydrogens (tertiary/aromatic N) is 4. The SMILES string of the molecule is CCn1nccc1CNCc1c(C)cnn1C. The number of nitrogens with one attached hydrogen (secondary N) is 1. The molecule has 0 aliphatic heterocycles. The highest BCUT2D eigenvalue weighted by molar-refractivity contribution is 5.15. The van der Waals surface area contributed by atoms with E-state index in [-0.39, 0.29) is 0 Å². The number of rotatable bonds is 5. The Morgan fingerprint density at radius 1 is 1.29 bits per heavy atom. The van der Waals surface area contributed by atoms with Crippen molar-refractivity contribution in [3.63, 3.8) is 0 Å². The quantitative estimate of drug-likeness (QED) is 0.845. The summed E-state index contributed by atoms with van der Waals surface area (Å²) in [6, 6.07) is 2.05. The Labute approximate surface area is 101 Å². The van der Waals surface area contributed by atoms with Crippen LogP contribution in [-0.4, -0.2) is 19.6 Å². The molecule has 17 heavy (non-hydrogen) atoms. The molecule has 0 atom stereocenters. The van der Waals surface area contributed by atoms with Crippen LogP contribution in [-0.2, 0) is 26.7 Å². The van der Waals surface area contributed by atoms with Crippen LogP contribution in [0.15, 0.2) is 18.5 Å². The summed E-state index contributed by atoms with van der Waals surface area (Å²) < 4.78 is 3.92. The molecule has 0 saturated heterocycles. The van der Waals surface area contributed by atoms with Crippen molar-refractivity contribution in [2.75, 3.05) is 0 Å². The third-order valence-corrected chi connectivity index (χ3v) is 2.97. The summed E-state index contributed by atoms with van der Waals surface area (Å²) in [5.74, 6) is 0. The van der Waals surface area contributed by atoms with Crippen molar-refractivity contribution < 1.29 is 0 Å². The first-order chi connectivity index (χ1) is 8.22. The first-order valence-electron chi connectivity index (χ1n) is 5.91. The standard InChI is InChI=1S/C12H19N5/c1-4-17-11(5-6-14-17)8-13-9-12-10(2)7-15-16(12)3/h5-7,13H,4,8-9H2,1-3H3. The summed E-state index contributed by atoms with van der Waals surface area (Å²) >= 11 is 0. The van der Waals surface area contributed by atoms with Crippen LogP contribution in [0.3, 0.4) is 0 Å². The van der Waals surface area contributed by atoms with Crippen LogP contribution in [0.5, 0.6) is 0 Å². The van der Waals surface area contributed by atoms with Gasteiger partial charge in [0.2, 0.25) is 0 Å². The number of hydrogen-bond donors (Lipinski definition) is 1. The van der Waals surface area contributed by atoms with E-state index in [1.807, 2.05) is 34.9 Å². The lowest BCUT2D eigenvalue weighted by Crippen LogP contribution is -2.18. The molecule has 2 aromatic heterocycles. The molecule has 0 aliphatic carbocycles. The van der Waals surface area contributed by atoms with Crippen molar-refractivity contribution in [3.05, 3.63) is 35.4 Å². The maximum absolute atomic E-state index is 4.24. The van der Waals surface area contributed by atoms with E-state index < -0.39 is 0 Å². The fraction of sp³-hybridized carbons (Fsp3) is 0.500. The molecule has 2 aromatic rings. The van der Waals surface area contributed by atoms with Gasteiger partial charge in [-0.1, -0.05) is 0 Å². The van der Waals surface area contributed by atoms with Gasteiger partial charge in [0.1, 0.15) is 0 Å². The molecule has 0 saturated carbocycles. The summed E-state index contributed by atoms with van der Waals surface area (Å²) in [6.07, 6.45) is 3.74. The molecule has 0 bridgehead atoms. The van der Waals surface area contributed by atoms with Gasteiger partial charge in [-0.3, -0.25) is 9.36 Å². The second kappa shape index (κ2) is 5.14. The Balaban J connectivity index is 1.92. The number of aromatic nitrogens is 4. The zero-order chi connectivity index (χ0) is 12.3. The van der Waals surface area contributed by atoms with Crippen molar-refractivity contribution in [2.45, 2.75) is 33.5 Å². The predicted molar refractivity (Wildman–Crippen MR) is 66.4 cm³/mol. The minimum absolute atomic E-state index is 0.831. The summed E-state index contributed by atoms with van der Waals surface area (Å²) in [4.78, 5) is 0. The van der Waals surface area contributed by atoms with E-state index in [2.05, 4.69) is 29.4 Å². The van der Waals surface area contributed by atoms with Gasteiger partial charge < -0.3 is 5.32 Å². The molecule has 92 valence electrons. The van der Waals surface area contributed by atoms with Gasteiger partial charge in [-0.2, -0.15) is 10.2 Å². The van der Waals surface area contributed by atoms with E-state index in [9.17, 15) is 0 Å². The van der Waals surface area contributed by atoms with Gasteiger partial charge >= 0.3 is 0 Å². The minimum atomic E-state index is 0.831. The van der Waals surface area contributed by atoms with Crippen LogP contribution >= 0.6 is 0 Å². The van der Waals surface area contributed by atoms with Crippen molar-refractivity contribution >= 4 is 0 Å². The maximum atomic E-state index is 4.24. The largest absolute Gasteiger partial charge is 0.306 e. The van der Waals surface area contributed by atoms with Crippen LogP contribution in [0, 0.1) is 6.92 Å². The first-order valence-corrected chi connectivity index (χ1v) is 5.91. The number of aryl methyl sites for hydroxylation is 3. The molecule has 0 amide bonds. The molecule has 0 unspecified atom stereocenters. The lowest BCUT2D eigenvalue weighted by molar-refractivity contribution is 0.566. The van der Waals surface area contributed by atoms with Crippen molar-refractivity contribution in [1.82, 2.24) is 24.9 Å². The van der Waals surface area contributed by atoms with Gasteiger partial charge in [-0.25, -0.2) is 0 Å². The summed E-state index contributed by atoms with van der Waals surface area (Å²) in [6.45, 7) is 6.76. The Morgan fingerprint density at radius 3 is 2.76 bits per heavy atom. The fourth-order valence-electron chi connectivity index (χ4n) is 1.93. The molecule has 0 spiro atoms. The summed E-state index contributed by atoms with van der Waals surface area (Å²) in [7, 11) is 1.97. The molecule has 2 heterocycles. The lowest BCUT2D eigenvalue weighted by atomic mass is 10.2. The third-order valence-electron chi connectivity index (χ3n) is 2.97. The normalized spacial score (nSPS) is 11.0. The molecule has 5 nitrogen and oxygen atoms in total. The van der Waals surface area contributed by atoms with Gasteiger partial charge in [-0.15, -0.1) is 0 Å². The van der Waals surface area contributed by atoms with Gasteiger partial charge in [-0.05, 0) is 25.5 Å². The summed E-state index contributed by atoms with van der Waals surface area (Å²) in [5, 5.41) is 11.9. The van der Waals surface area contributed by atoms with Crippen LogP contribution < -0.4 is 5.32 Å². The molecule has 2 rings (SSSR count). The van der Waals surface area contributed by atoms with Crippen LogP contribution in [0.4, 0.5) is 0 Å². The zero-order valence-electron chi connectivity index (χ0n) is 10.6. The predicted octanol–water partition coefficient (Wildman–Crippen LogP) is 1.23. The highest BCUT2D eigenvalue weighted by Crippen LogP contribution is 2.05. The molecule has 0 aliphatic rings. The molecular formula is C12H19N5. The molecule has 0 radical (unpaired) electrons. The zero-order valence-corrected chi connectivity index (χ0v) is 10.6. The van der Waals surface area contributed by atoms with Gasteiger partial charge in [0.25, 0.3) is 0 Å². The minimum Gasteiger partial charge on any atom is -0.306 e. The second-order valence-electron chi connectivity index (χ2n) is 4.14. The lowest BCUT2D eigenvalue weighted by Gasteiger charge is -2.08. The molecule has 0 fully saturated rings. The monoisotopic (exact) mass is 233 g/mol. The van der Waals surface area contributed by atoms with Crippen LogP contribution in [0.25, 0.3) is 0 Å². The Morgan fingerprint density at radius 2 is 2.12 bits per heavy atom. The van der Waals surface area contributed by atoms with E-state index in [0.29, 0.717) is 0 Å². The van der Waals surface area contributed by atoms with E-state index in [1.165, 1.54) is 17.0 Å². The average molecular weight is 233 g/mol. The van der Waals surface area contributed by atoms with E-state index in [4.69, 9.17) is 0 Å². The topological polar surface area (TPSA) is 47.7 Å². The van der Waals surface area contributed by atoms with Crippen molar-refractivity contribution in [1.29, 1.82) is 0 Å². The van der Waals surface area contributed by atoms with Gasteiger partial charge in [0.15, 0.2) is 0 Å². The molecule has 1 N–H and O–H groups in total.